The second-order valence-corrected chi connectivity index (χ2v) is 6.23. The van der Waals surface area contributed by atoms with Crippen molar-refractivity contribution in [3.05, 3.63) is 48.0 Å². The van der Waals surface area contributed by atoms with Crippen LogP contribution in [0.4, 0.5) is 0 Å². The Morgan fingerprint density at radius 3 is 2.62 bits per heavy atom. The Kier molecular flexibility index (Phi) is 3.42. The Hall–Kier alpha value is -1.42. The number of rotatable bonds is 2. The Bertz CT molecular complexity index is 624. The molecule has 2 heterocycles. The number of hydrogen-bond donors (Lipinski definition) is 1. The molecular formula is C18H22N2O. The van der Waals surface area contributed by atoms with Gasteiger partial charge in [-0.15, -0.1) is 0 Å². The van der Waals surface area contributed by atoms with Crippen LogP contribution in [0.3, 0.4) is 0 Å². The standard InChI is InChI=1S/C18H22N2O/c1-2-4-17-13-15(5-6-16(17)3-1)14-20-10-7-18(8-11-20)19-9-12-21-18/h1-6,13,19H,7-12,14H2. The monoisotopic (exact) mass is 282 g/mol. The lowest BCUT2D eigenvalue weighted by Gasteiger charge is -2.38. The number of piperidine rings is 1. The van der Waals surface area contributed by atoms with Gasteiger partial charge in [0.15, 0.2) is 0 Å². The third kappa shape index (κ3) is 2.69. The molecule has 2 aliphatic heterocycles. The summed E-state index contributed by atoms with van der Waals surface area (Å²) in [5.74, 6) is 0. The lowest BCUT2D eigenvalue weighted by atomic mass is 9.99. The number of likely N-dealkylation sites (tertiary alicyclic amines) is 1. The highest BCUT2D eigenvalue weighted by Crippen LogP contribution is 2.27. The molecule has 2 aliphatic rings. The van der Waals surface area contributed by atoms with Crippen molar-refractivity contribution in [3.8, 4) is 0 Å². The summed E-state index contributed by atoms with van der Waals surface area (Å²) in [6.07, 6.45) is 2.20. The van der Waals surface area contributed by atoms with Gasteiger partial charge in [0.1, 0.15) is 5.72 Å². The molecule has 0 aromatic heterocycles. The summed E-state index contributed by atoms with van der Waals surface area (Å²) in [4.78, 5) is 2.54. The molecule has 0 saturated carbocycles. The number of nitrogens with zero attached hydrogens (tertiary/aromatic N) is 1. The maximum Gasteiger partial charge on any atom is 0.121 e. The summed E-state index contributed by atoms with van der Waals surface area (Å²) in [6.45, 7) is 5.13. The van der Waals surface area contributed by atoms with Gasteiger partial charge in [-0.3, -0.25) is 10.2 Å². The molecule has 2 aromatic carbocycles. The van der Waals surface area contributed by atoms with E-state index in [1.165, 1.54) is 16.3 Å². The van der Waals surface area contributed by atoms with Crippen LogP contribution < -0.4 is 5.32 Å². The molecule has 1 N–H and O–H groups in total. The average Bonchev–Trinajstić information content (AvgIpc) is 2.98. The topological polar surface area (TPSA) is 24.5 Å². The summed E-state index contributed by atoms with van der Waals surface area (Å²) in [6, 6.07) is 15.4. The molecule has 0 amide bonds. The van der Waals surface area contributed by atoms with E-state index in [-0.39, 0.29) is 5.72 Å². The van der Waals surface area contributed by atoms with Crippen LogP contribution in [0.2, 0.25) is 0 Å². The van der Waals surface area contributed by atoms with Gasteiger partial charge in [0.05, 0.1) is 6.61 Å². The molecule has 0 radical (unpaired) electrons. The van der Waals surface area contributed by atoms with Crippen molar-refractivity contribution in [1.82, 2.24) is 10.2 Å². The van der Waals surface area contributed by atoms with Gasteiger partial charge in [-0.1, -0.05) is 36.4 Å². The lowest BCUT2D eigenvalue weighted by Crippen LogP contribution is -2.50. The average molecular weight is 282 g/mol. The second-order valence-electron chi connectivity index (χ2n) is 6.23. The minimum absolute atomic E-state index is 0.0140. The molecule has 21 heavy (non-hydrogen) atoms. The Morgan fingerprint density at radius 1 is 1.05 bits per heavy atom. The largest absolute Gasteiger partial charge is 0.359 e. The number of ether oxygens (including phenoxy) is 1. The fourth-order valence-corrected chi connectivity index (χ4v) is 3.57. The molecule has 4 rings (SSSR count). The molecule has 1 spiro atoms. The highest BCUT2D eigenvalue weighted by Gasteiger charge is 2.37. The number of fused-ring (bicyclic) bond motifs is 1. The summed E-state index contributed by atoms with van der Waals surface area (Å²) >= 11 is 0. The van der Waals surface area contributed by atoms with Crippen molar-refractivity contribution < 1.29 is 4.74 Å². The van der Waals surface area contributed by atoms with E-state index in [9.17, 15) is 0 Å². The highest BCUT2D eigenvalue weighted by atomic mass is 16.5. The van der Waals surface area contributed by atoms with Gasteiger partial charge in [0, 0.05) is 39.0 Å². The van der Waals surface area contributed by atoms with Crippen molar-refractivity contribution in [3.63, 3.8) is 0 Å². The molecule has 110 valence electrons. The van der Waals surface area contributed by atoms with Crippen molar-refractivity contribution >= 4 is 10.8 Å². The van der Waals surface area contributed by atoms with Gasteiger partial charge >= 0.3 is 0 Å². The van der Waals surface area contributed by atoms with Crippen LogP contribution >= 0.6 is 0 Å². The zero-order valence-electron chi connectivity index (χ0n) is 12.3. The SMILES string of the molecule is c1ccc2cc(CN3CCC4(CC3)NCCO4)ccc2c1. The van der Waals surface area contributed by atoms with Gasteiger partial charge in [-0.2, -0.15) is 0 Å². The minimum atomic E-state index is -0.0140. The summed E-state index contributed by atoms with van der Waals surface area (Å²) in [5.41, 5.74) is 1.39. The Morgan fingerprint density at radius 2 is 1.86 bits per heavy atom. The molecule has 0 bridgehead atoms. The van der Waals surface area contributed by atoms with E-state index >= 15 is 0 Å². The molecule has 0 aliphatic carbocycles. The first-order chi connectivity index (χ1) is 10.3. The van der Waals surface area contributed by atoms with Crippen LogP contribution in [0.25, 0.3) is 10.8 Å². The molecule has 3 heteroatoms. The number of nitrogens with one attached hydrogen (secondary N) is 1. The second kappa shape index (κ2) is 5.41. The minimum Gasteiger partial charge on any atom is -0.359 e. The van der Waals surface area contributed by atoms with Gasteiger partial charge in [-0.25, -0.2) is 0 Å². The summed E-state index contributed by atoms with van der Waals surface area (Å²) in [7, 11) is 0. The van der Waals surface area contributed by atoms with Crippen molar-refractivity contribution in [2.24, 2.45) is 0 Å². The van der Waals surface area contributed by atoms with Crippen LogP contribution in [-0.2, 0) is 11.3 Å². The molecular weight excluding hydrogens is 260 g/mol. The van der Waals surface area contributed by atoms with Crippen LogP contribution in [0.1, 0.15) is 18.4 Å². The van der Waals surface area contributed by atoms with Gasteiger partial charge in [0.2, 0.25) is 0 Å². The first-order valence-corrected chi connectivity index (χ1v) is 7.92. The third-order valence-electron chi connectivity index (χ3n) is 4.81. The first kappa shape index (κ1) is 13.3. The first-order valence-electron chi connectivity index (χ1n) is 7.92. The van der Waals surface area contributed by atoms with E-state index in [4.69, 9.17) is 4.74 Å². The van der Waals surface area contributed by atoms with Gasteiger partial charge < -0.3 is 4.74 Å². The Labute approximate surface area is 125 Å². The van der Waals surface area contributed by atoms with Crippen LogP contribution in [0, 0.1) is 0 Å². The summed E-state index contributed by atoms with van der Waals surface area (Å²) < 4.78 is 5.90. The van der Waals surface area contributed by atoms with E-state index in [1.54, 1.807) is 0 Å². The fraction of sp³-hybridized carbons (Fsp3) is 0.444. The quantitative estimate of drug-likeness (QED) is 0.916. The maximum atomic E-state index is 5.90. The molecule has 2 fully saturated rings. The normalized spacial score (nSPS) is 22.1. The van der Waals surface area contributed by atoms with E-state index in [1.807, 2.05) is 0 Å². The van der Waals surface area contributed by atoms with Gasteiger partial charge in [-0.05, 0) is 22.4 Å². The van der Waals surface area contributed by atoms with Crippen LogP contribution in [-0.4, -0.2) is 36.9 Å². The molecule has 3 nitrogen and oxygen atoms in total. The van der Waals surface area contributed by atoms with E-state index < -0.39 is 0 Å². The lowest BCUT2D eigenvalue weighted by molar-refractivity contribution is -0.0576. The summed E-state index contributed by atoms with van der Waals surface area (Å²) in [5, 5.41) is 6.19. The third-order valence-corrected chi connectivity index (χ3v) is 4.81. The van der Waals surface area contributed by atoms with Crippen molar-refractivity contribution in [2.75, 3.05) is 26.2 Å². The molecule has 2 saturated heterocycles. The van der Waals surface area contributed by atoms with Crippen molar-refractivity contribution in [1.29, 1.82) is 0 Å². The smallest absolute Gasteiger partial charge is 0.121 e. The number of hydrogen-bond acceptors (Lipinski definition) is 3. The predicted molar refractivity (Wildman–Crippen MR) is 85.1 cm³/mol. The number of benzene rings is 2. The van der Waals surface area contributed by atoms with Crippen LogP contribution in [0.15, 0.2) is 42.5 Å². The zero-order valence-corrected chi connectivity index (χ0v) is 12.3. The molecule has 0 unspecified atom stereocenters. The van der Waals surface area contributed by atoms with Gasteiger partial charge in [0.25, 0.3) is 0 Å². The van der Waals surface area contributed by atoms with E-state index in [0.29, 0.717) is 0 Å². The zero-order chi connectivity index (χ0) is 14.1. The van der Waals surface area contributed by atoms with Crippen LogP contribution in [0.5, 0.6) is 0 Å². The molecule has 0 atom stereocenters. The van der Waals surface area contributed by atoms with E-state index in [2.05, 4.69) is 52.7 Å². The highest BCUT2D eigenvalue weighted by molar-refractivity contribution is 5.82. The van der Waals surface area contributed by atoms with E-state index in [0.717, 1.165) is 45.6 Å². The predicted octanol–water partition coefficient (Wildman–Crippen LogP) is 2.75. The molecule has 2 aromatic rings. The fourth-order valence-electron chi connectivity index (χ4n) is 3.57. The maximum absolute atomic E-state index is 5.90. The van der Waals surface area contributed by atoms with Crippen molar-refractivity contribution in [2.45, 2.75) is 25.1 Å². The Balaban J connectivity index is 1.43.